The normalized spacial score (nSPS) is 20.2. The Morgan fingerprint density at radius 2 is 1.94 bits per heavy atom. The lowest BCUT2D eigenvalue weighted by Gasteiger charge is -2.26. The number of rotatable bonds is 3. The van der Waals surface area contributed by atoms with Crippen LogP contribution in [-0.4, -0.2) is 20.5 Å². The summed E-state index contributed by atoms with van der Waals surface area (Å²) in [6.07, 6.45) is 8.48. The predicted octanol–water partition coefficient (Wildman–Crippen LogP) is 2.61. The molecule has 1 aromatic heterocycles. The Labute approximate surface area is 104 Å². The van der Waals surface area contributed by atoms with Crippen LogP contribution in [0.4, 0.5) is 0 Å². The first-order valence-corrected chi connectivity index (χ1v) is 6.87. The maximum Gasteiger partial charge on any atom is 0.0702 e. The lowest BCUT2D eigenvalue weighted by atomic mass is 9.89. The van der Waals surface area contributed by atoms with Crippen LogP contribution >= 0.6 is 0 Å². The highest BCUT2D eigenvalue weighted by molar-refractivity contribution is 5.13. The third-order valence-corrected chi connectivity index (χ3v) is 3.93. The van der Waals surface area contributed by atoms with Crippen LogP contribution in [0.1, 0.15) is 56.8 Å². The van der Waals surface area contributed by atoms with Crippen molar-refractivity contribution < 1.29 is 5.11 Å². The molecular weight excluding hydrogens is 212 g/mol. The Hall–Kier alpha value is -0.830. The maximum absolute atomic E-state index is 10.7. The molecule has 3 heteroatoms. The van der Waals surface area contributed by atoms with Crippen molar-refractivity contribution in [3.8, 4) is 0 Å². The highest BCUT2D eigenvalue weighted by atomic mass is 16.3. The molecule has 1 saturated carbocycles. The molecule has 1 fully saturated rings. The van der Waals surface area contributed by atoms with Crippen LogP contribution in [0.25, 0.3) is 0 Å². The van der Waals surface area contributed by atoms with Crippen molar-refractivity contribution in [1.29, 1.82) is 0 Å². The van der Waals surface area contributed by atoms with Gasteiger partial charge in [-0.2, -0.15) is 5.10 Å². The monoisotopic (exact) mass is 236 g/mol. The SMILES string of the molecule is CCc1cc(CC2(O)CCCCCC2)n(C)n1. The van der Waals surface area contributed by atoms with Gasteiger partial charge in [-0.1, -0.05) is 32.6 Å². The van der Waals surface area contributed by atoms with Gasteiger partial charge in [0, 0.05) is 19.2 Å². The van der Waals surface area contributed by atoms with Gasteiger partial charge < -0.3 is 5.11 Å². The summed E-state index contributed by atoms with van der Waals surface area (Å²) in [6.45, 7) is 2.12. The van der Waals surface area contributed by atoms with E-state index in [0.717, 1.165) is 44.2 Å². The minimum atomic E-state index is -0.491. The Morgan fingerprint density at radius 3 is 2.47 bits per heavy atom. The van der Waals surface area contributed by atoms with Gasteiger partial charge in [-0.25, -0.2) is 0 Å². The smallest absolute Gasteiger partial charge is 0.0702 e. The van der Waals surface area contributed by atoms with Gasteiger partial charge in [-0.05, 0) is 25.3 Å². The fraction of sp³-hybridized carbons (Fsp3) is 0.786. The Bertz CT molecular complexity index is 362. The summed E-state index contributed by atoms with van der Waals surface area (Å²) in [7, 11) is 1.98. The van der Waals surface area contributed by atoms with Crippen molar-refractivity contribution in [2.75, 3.05) is 0 Å². The fourth-order valence-corrected chi connectivity index (χ4v) is 2.81. The fourth-order valence-electron chi connectivity index (χ4n) is 2.81. The van der Waals surface area contributed by atoms with E-state index in [1.807, 2.05) is 11.7 Å². The van der Waals surface area contributed by atoms with Crippen LogP contribution in [0, 0.1) is 0 Å². The van der Waals surface area contributed by atoms with E-state index in [1.54, 1.807) is 0 Å². The zero-order valence-corrected chi connectivity index (χ0v) is 11.1. The maximum atomic E-state index is 10.7. The standard InChI is InChI=1S/C14H24N2O/c1-3-12-10-13(16(2)15-12)11-14(17)8-6-4-5-7-9-14/h10,17H,3-9,11H2,1-2H3. The zero-order valence-electron chi connectivity index (χ0n) is 11.1. The van der Waals surface area contributed by atoms with Crippen LogP contribution < -0.4 is 0 Å². The number of aliphatic hydroxyl groups is 1. The van der Waals surface area contributed by atoms with E-state index < -0.39 is 5.60 Å². The second-order valence-electron chi connectivity index (χ2n) is 5.42. The van der Waals surface area contributed by atoms with Crippen molar-refractivity contribution in [2.24, 2.45) is 7.05 Å². The van der Waals surface area contributed by atoms with E-state index in [0.29, 0.717) is 0 Å². The molecule has 17 heavy (non-hydrogen) atoms. The topological polar surface area (TPSA) is 38.0 Å². The van der Waals surface area contributed by atoms with Crippen LogP contribution in [0.2, 0.25) is 0 Å². The molecule has 3 nitrogen and oxygen atoms in total. The van der Waals surface area contributed by atoms with Crippen molar-refractivity contribution in [1.82, 2.24) is 9.78 Å². The predicted molar refractivity (Wildman–Crippen MR) is 68.9 cm³/mol. The molecule has 1 heterocycles. The van der Waals surface area contributed by atoms with Gasteiger partial charge >= 0.3 is 0 Å². The molecule has 2 rings (SSSR count). The van der Waals surface area contributed by atoms with Crippen molar-refractivity contribution in [2.45, 2.75) is 63.9 Å². The highest BCUT2D eigenvalue weighted by Crippen LogP contribution is 2.30. The number of aryl methyl sites for hydroxylation is 2. The molecule has 0 radical (unpaired) electrons. The van der Waals surface area contributed by atoms with Gasteiger partial charge in [-0.15, -0.1) is 0 Å². The van der Waals surface area contributed by atoms with E-state index in [-0.39, 0.29) is 0 Å². The summed E-state index contributed by atoms with van der Waals surface area (Å²) in [5, 5.41) is 15.1. The average molecular weight is 236 g/mol. The van der Waals surface area contributed by atoms with Gasteiger partial charge in [0.2, 0.25) is 0 Å². The van der Waals surface area contributed by atoms with E-state index in [2.05, 4.69) is 18.1 Å². The third kappa shape index (κ3) is 3.09. The summed E-state index contributed by atoms with van der Waals surface area (Å²) in [5.41, 5.74) is 1.81. The minimum Gasteiger partial charge on any atom is -0.389 e. The summed E-state index contributed by atoms with van der Waals surface area (Å²) in [4.78, 5) is 0. The Morgan fingerprint density at radius 1 is 1.29 bits per heavy atom. The molecule has 0 saturated heterocycles. The molecule has 0 spiro atoms. The van der Waals surface area contributed by atoms with E-state index in [9.17, 15) is 5.11 Å². The summed E-state index contributed by atoms with van der Waals surface area (Å²) < 4.78 is 1.93. The number of aromatic nitrogens is 2. The second kappa shape index (κ2) is 5.21. The summed E-state index contributed by atoms with van der Waals surface area (Å²) in [5.74, 6) is 0. The molecule has 1 aliphatic carbocycles. The number of hydrogen-bond acceptors (Lipinski definition) is 2. The molecule has 0 unspecified atom stereocenters. The quantitative estimate of drug-likeness (QED) is 0.819. The molecular formula is C14H24N2O. The molecule has 0 amide bonds. The summed E-state index contributed by atoms with van der Waals surface area (Å²) >= 11 is 0. The molecule has 0 bridgehead atoms. The van der Waals surface area contributed by atoms with Crippen LogP contribution in [0.5, 0.6) is 0 Å². The first-order valence-electron chi connectivity index (χ1n) is 6.87. The molecule has 96 valence electrons. The molecule has 0 aromatic carbocycles. The first-order chi connectivity index (χ1) is 8.13. The molecule has 1 aliphatic rings. The van der Waals surface area contributed by atoms with Gasteiger partial charge in [0.25, 0.3) is 0 Å². The molecule has 0 atom stereocenters. The molecule has 0 aliphatic heterocycles. The van der Waals surface area contributed by atoms with E-state index in [1.165, 1.54) is 18.5 Å². The van der Waals surface area contributed by atoms with Crippen molar-refractivity contribution in [3.05, 3.63) is 17.5 Å². The van der Waals surface area contributed by atoms with Gasteiger partial charge in [0.15, 0.2) is 0 Å². The Balaban J connectivity index is 2.09. The molecule has 1 N–H and O–H groups in total. The number of nitrogens with zero attached hydrogens (tertiary/aromatic N) is 2. The van der Waals surface area contributed by atoms with Gasteiger partial charge in [-0.3, -0.25) is 4.68 Å². The van der Waals surface area contributed by atoms with Crippen LogP contribution in [0.3, 0.4) is 0 Å². The van der Waals surface area contributed by atoms with Crippen LogP contribution in [-0.2, 0) is 19.9 Å². The van der Waals surface area contributed by atoms with E-state index in [4.69, 9.17) is 0 Å². The second-order valence-corrected chi connectivity index (χ2v) is 5.42. The summed E-state index contributed by atoms with van der Waals surface area (Å²) in [6, 6.07) is 2.14. The van der Waals surface area contributed by atoms with Gasteiger partial charge in [0.1, 0.15) is 0 Å². The zero-order chi connectivity index (χ0) is 12.3. The molecule has 1 aromatic rings. The third-order valence-electron chi connectivity index (χ3n) is 3.93. The highest BCUT2D eigenvalue weighted by Gasteiger charge is 2.29. The van der Waals surface area contributed by atoms with Crippen LogP contribution in [0.15, 0.2) is 6.07 Å². The van der Waals surface area contributed by atoms with E-state index >= 15 is 0 Å². The lowest BCUT2D eigenvalue weighted by Crippen LogP contribution is -2.31. The first kappa shape index (κ1) is 12.6. The minimum absolute atomic E-state index is 0.491. The Kier molecular flexibility index (Phi) is 3.87. The average Bonchev–Trinajstić information content (AvgIpc) is 2.51. The number of hydrogen-bond donors (Lipinski definition) is 1. The van der Waals surface area contributed by atoms with Crippen molar-refractivity contribution in [3.63, 3.8) is 0 Å². The van der Waals surface area contributed by atoms with Crippen molar-refractivity contribution >= 4 is 0 Å². The largest absolute Gasteiger partial charge is 0.389 e. The lowest BCUT2D eigenvalue weighted by molar-refractivity contribution is 0.0235. The van der Waals surface area contributed by atoms with Gasteiger partial charge in [0.05, 0.1) is 11.3 Å².